The largest absolute Gasteiger partial charge is 0.481 e. The molecule has 1 aliphatic rings. The number of piperazine rings is 1. The van der Waals surface area contributed by atoms with Crippen LogP contribution in [0.3, 0.4) is 0 Å². The maximum Gasteiger partial charge on any atom is 0.325 e. The lowest BCUT2D eigenvalue weighted by Gasteiger charge is -2.35. The van der Waals surface area contributed by atoms with Crippen LogP contribution in [0.4, 0.5) is 5.82 Å². The Labute approximate surface area is 183 Å². The molecule has 0 saturated carbocycles. The summed E-state index contributed by atoms with van der Waals surface area (Å²) in [7, 11) is 1.65. The van der Waals surface area contributed by atoms with Gasteiger partial charge in [0.15, 0.2) is 0 Å². The normalized spacial score (nSPS) is 14.7. The third-order valence-corrected chi connectivity index (χ3v) is 5.79. The molecular weight excluding hydrogens is 392 g/mol. The van der Waals surface area contributed by atoms with Crippen LogP contribution in [-0.2, 0) is 22.5 Å². The number of hydrogen-bond acceptors (Lipinski definition) is 6. The molecule has 1 saturated heterocycles. The van der Waals surface area contributed by atoms with Crippen molar-refractivity contribution in [2.24, 2.45) is 0 Å². The molecule has 7 heteroatoms. The molecule has 0 unspecified atom stereocenters. The average molecular weight is 423 g/mol. The second-order valence-electron chi connectivity index (χ2n) is 7.72. The number of anilines is 1. The van der Waals surface area contributed by atoms with Gasteiger partial charge in [0.25, 0.3) is 0 Å². The highest BCUT2D eigenvalue weighted by atomic mass is 16.5. The van der Waals surface area contributed by atoms with Gasteiger partial charge in [0, 0.05) is 55.9 Å². The minimum Gasteiger partial charge on any atom is -0.481 e. The minimum absolute atomic E-state index is 0.197. The van der Waals surface area contributed by atoms with Gasteiger partial charge in [0.2, 0.25) is 5.88 Å². The first-order chi connectivity index (χ1) is 15.2. The summed E-state index contributed by atoms with van der Waals surface area (Å²) < 4.78 is 12.4. The van der Waals surface area contributed by atoms with Crippen LogP contribution in [0.25, 0.3) is 10.9 Å². The zero-order chi connectivity index (χ0) is 21.6. The number of methoxy groups -OCH3 is 1. The number of benzene rings is 1. The number of para-hydroxylation sites is 1. The number of fused-ring (bicyclic) bond motifs is 1. The first-order valence-corrected chi connectivity index (χ1v) is 10.9. The molecule has 3 heterocycles. The quantitative estimate of drug-likeness (QED) is 0.520. The van der Waals surface area contributed by atoms with Crippen LogP contribution < -0.4 is 9.64 Å². The van der Waals surface area contributed by atoms with Gasteiger partial charge >= 0.3 is 5.97 Å². The molecule has 4 rings (SSSR count). The summed E-state index contributed by atoms with van der Waals surface area (Å²) in [5.74, 6) is 1.43. The fourth-order valence-corrected chi connectivity index (χ4v) is 4.17. The lowest BCUT2D eigenvalue weighted by Crippen LogP contribution is -2.47. The molecule has 1 aromatic carbocycles. The zero-order valence-electron chi connectivity index (χ0n) is 18.3. The van der Waals surface area contributed by atoms with Crippen molar-refractivity contribution in [1.29, 1.82) is 0 Å². The Balaban J connectivity index is 1.37. The van der Waals surface area contributed by atoms with Crippen LogP contribution in [0.15, 0.2) is 48.7 Å². The summed E-state index contributed by atoms with van der Waals surface area (Å²) in [6.45, 7) is 7.38. The summed E-state index contributed by atoms with van der Waals surface area (Å²) in [6, 6.07) is 14.2. The molecule has 7 nitrogen and oxygen atoms in total. The molecular formula is C24H30N4O3. The Bertz CT molecular complexity index is 1020. The van der Waals surface area contributed by atoms with Gasteiger partial charge in [-0.3, -0.25) is 9.69 Å². The Morgan fingerprint density at radius 1 is 1.06 bits per heavy atom. The van der Waals surface area contributed by atoms with Crippen molar-refractivity contribution >= 4 is 22.7 Å². The van der Waals surface area contributed by atoms with E-state index in [1.807, 2.05) is 35.8 Å². The predicted octanol–water partition coefficient (Wildman–Crippen LogP) is 2.97. The van der Waals surface area contributed by atoms with Crippen molar-refractivity contribution in [2.75, 3.05) is 51.3 Å². The molecule has 31 heavy (non-hydrogen) atoms. The fraction of sp³-hybridized carbons (Fsp3) is 0.417. The van der Waals surface area contributed by atoms with Gasteiger partial charge in [0.05, 0.1) is 13.7 Å². The molecule has 0 bridgehead atoms. The maximum atomic E-state index is 12.0. The van der Waals surface area contributed by atoms with Crippen molar-refractivity contribution in [3.8, 4) is 5.88 Å². The molecule has 164 valence electrons. The van der Waals surface area contributed by atoms with Crippen molar-refractivity contribution in [1.82, 2.24) is 14.5 Å². The number of esters is 1. The monoisotopic (exact) mass is 422 g/mol. The average Bonchev–Trinajstić information content (AvgIpc) is 3.15. The number of ether oxygens (including phenoxy) is 2. The Hall–Kier alpha value is -3.06. The summed E-state index contributed by atoms with van der Waals surface area (Å²) >= 11 is 0. The van der Waals surface area contributed by atoms with E-state index in [0.29, 0.717) is 12.5 Å². The first-order valence-electron chi connectivity index (χ1n) is 10.9. The van der Waals surface area contributed by atoms with E-state index in [1.165, 1.54) is 10.9 Å². The number of rotatable bonds is 8. The van der Waals surface area contributed by atoms with E-state index >= 15 is 0 Å². The lowest BCUT2D eigenvalue weighted by molar-refractivity contribution is -0.143. The number of carbonyl (C=O) groups is 1. The minimum atomic E-state index is -0.197. The van der Waals surface area contributed by atoms with E-state index < -0.39 is 0 Å². The fourth-order valence-electron chi connectivity index (χ4n) is 4.17. The van der Waals surface area contributed by atoms with E-state index in [0.717, 1.165) is 50.5 Å². The van der Waals surface area contributed by atoms with Crippen molar-refractivity contribution < 1.29 is 14.3 Å². The Kier molecular flexibility index (Phi) is 6.72. The topological polar surface area (TPSA) is 59.8 Å². The van der Waals surface area contributed by atoms with Gasteiger partial charge in [0.1, 0.15) is 12.4 Å². The first kappa shape index (κ1) is 21.2. The number of nitrogens with zero attached hydrogens (tertiary/aromatic N) is 4. The highest BCUT2D eigenvalue weighted by molar-refractivity contribution is 5.85. The lowest BCUT2D eigenvalue weighted by atomic mass is 10.1. The SMILES string of the molecule is CCOC(=O)Cn1cc(CCN2CCN(c3cccc(OC)n3)CC2)c2ccccc21. The number of hydrogen-bond donors (Lipinski definition) is 0. The molecule has 0 radical (unpaired) electrons. The molecule has 0 N–H and O–H groups in total. The van der Waals surface area contributed by atoms with Gasteiger partial charge in [-0.15, -0.1) is 0 Å². The van der Waals surface area contributed by atoms with E-state index in [2.05, 4.69) is 39.2 Å². The smallest absolute Gasteiger partial charge is 0.325 e. The van der Waals surface area contributed by atoms with Crippen LogP contribution in [-0.4, -0.2) is 66.9 Å². The van der Waals surface area contributed by atoms with Gasteiger partial charge in [-0.2, -0.15) is 4.98 Å². The summed E-state index contributed by atoms with van der Waals surface area (Å²) in [5, 5.41) is 1.21. The third-order valence-electron chi connectivity index (χ3n) is 5.79. The number of carbonyl (C=O) groups excluding carboxylic acids is 1. The van der Waals surface area contributed by atoms with Crippen molar-refractivity contribution in [3.05, 3.63) is 54.2 Å². The number of pyridine rings is 1. The van der Waals surface area contributed by atoms with E-state index in [4.69, 9.17) is 9.47 Å². The third kappa shape index (κ3) is 4.99. The van der Waals surface area contributed by atoms with Gasteiger partial charge in [-0.1, -0.05) is 24.3 Å². The van der Waals surface area contributed by atoms with Gasteiger partial charge in [-0.25, -0.2) is 0 Å². The molecule has 1 aliphatic heterocycles. The molecule has 1 fully saturated rings. The van der Waals surface area contributed by atoms with Crippen molar-refractivity contribution in [3.63, 3.8) is 0 Å². The molecule has 0 amide bonds. The highest BCUT2D eigenvalue weighted by Gasteiger charge is 2.19. The second kappa shape index (κ2) is 9.83. The van der Waals surface area contributed by atoms with Gasteiger partial charge in [-0.05, 0) is 31.0 Å². The number of aromatic nitrogens is 2. The molecule has 2 aromatic heterocycles. The van der Waals surface area contributed by atoms with Gasteiger partial charge < -0.3 is 18.9 Å². The molecule has 0 spiro atoms. The second-order valence-corrected chi connectivity index (χ2v) is 7.72. The molecule has 0 aliphatic carbocycles. The summed E-state index contributed by atoms with van der Waals surface area (Å²) in [5.41, 5.74) is 2.36. The Morgan fingerprint density at radius 3 is 2.65 bits per heavy atom. The molecule has 3 aromatic rings. The highest BCUT2D eigenvalue weighted by Crippen LogP contribution is 2.23. The maximum absolute atomic E-state index is 12.0. The standard InChI is InChI=1S/C24H30N4O3/c1-3-31-24(29)18-28-17-19(20-7-4-5-8-21(20)28)11-12-26-13-15-27(16-14-26)22-9-6-10-23(25-22)30-2/h4-10,17H,3,11-16,18H2,1-2H3. The van der Waals surface area contributed by atoms with Crippen LogP contribution in [0.2, 0.25) is 0 Å². The van der Waals surface area contributed by atoms with Crippen molar-refractivity contribution in [2.45, 2.75) is 19.9 Å². The van der Waals surface area contributed by atoms with Crippen LogP contribution >= 0.6 is 0 Å². The predicted molar refractivity (Wildman–Crippen MR) is 122 cm³/mol. The van der Waals surface area contributed by atoms with E-state index in [9.17, 15) is 4.79 Å². The summed E-state index contributed by atoms with van der Waals surface area (Å²) in [4.78, 5) is 21.3. The van der Waals surface area contributed by atoms with Crippen LogP contribution in [0, 0.1) is 0 Å². The molecule has 0 atom stereocenters. The van der Waals surface area contributed by atoms with E-state index in [1.54, 1.807) is 7.11 Å². The summed E-state index contributed by atoms with van der Waals surface area (Å²) in [6.07, 6.45) is 3.06. The zero-order valence-corrected chi connectivity index (χ0v) is 18.3. The van der Waals surface area contributed by atoms with E-state index in [-0.39, 0.29) is 12.5 Å². The van der Waals surface area contributed by atoms with Crippen LogP contribution in [0.1, 0.15) is 12.5 Å². The Morgan fingerprint density at radius 2 is 1.87 bits per heavy atom. The van der Waals surface area contributed by atoms with Crippen LogP contribution in [0.5, 0.6) is 5.88 Å².